The summed E-state index contributed by atoms with van der Waals surface area (Å²) in [4.78, 5) is 17.5. The molecule has 0 unspecified atom stereocenters. The summed E-state index contributed by atoms with van der Waals surface area (Å²) in [5.41, 5.74) is 0.379. The summed E-state index contributed by atoms with van der Waals surface area (Å²) >= 11 is 0. The van der Waals surface area contributed by atoms with Gasteiger partial charge in [-0.3, -0.25) is 4.79 Å². The minimum atomic E-state index is -3.56. The van der Waals surface area contributed by atoms with E-state index in [1.54, 1.807) is 32.0 Å². The molecular formula is C20H34N4O3S. The number of likely N-dealkylation sites (N-methyl/N-ethyl adjacent to an activating group) is 1. The van der Waals surface area contributed by atoms with E-state index in [2.05, 4.69) is 22.0 Å². The third-order valence-corrected chi connectivity index (χ3v) is 7.33. The highest BCUT2D eigenvalue weighted by atomic mass is 32.2. The standard InChI is InChI=1S/C20H34N4O3S/c1-4-22-13-15-23(16-14-22)12-8-11-21-20(25)18-9-7-10-19(17-18)28(26,27)24(5-2)6-3/h7,9-10,17H,4-6,8,11-16H2,1-3H3,(H,21,25). The Balaban J connectivity index is 1.85. The predicted octanol–water partition coefficient (Wildman–Crippen LogP) is 1.47. The second-order valence-electron chi connectivity index (χ2n) is 7.00. The number of sulfonamides is 1. The van der Waals surface area contributed by atoms with Gasteiger partial charge in [-0.25, -0.2) is 8.42 Å². The summed E-state index contributed by atoms with van der Waals surface area (Å²) in [7, 11) is -3.56. The van der Waals surface area contributed by atoms with Crippen LogP contribution in [0.15, 0.2) is 29.2 Å². The lowest BCUT2D eigenvalue weighted by atomic mass is 10.2. The molecule has 0 aliphatic carbocycles. The number of carbonyl (C=O) groups excluding carboxylic acids is 1. The van der Waals surface area contributed by atoms with Gasteiger partial charge in [0.25, 0.3) is 5.91 Å². The van der Waals surface area contributed by atoms with Gasteiger partial charge in [-0.1, -0.05) is 26.8 Å². The van der Waals surface area contributed by atoms with Gasteiger partial charge in [-0.15, -0.1) is 0 Å². The Morgan fingerprint density at radius 1 is 1.07 bits per heavy atom. The smallest absolute Gasteiger partial charge is 0.251 e. The first-order valence-electron chi connectivity index (χ1n) is 10.3. The fraction of sp³-hybridized carbons (Fsp3) is 0.650. The lowest BCUT2D eigenvalue weighted by Gasteiger charge is -2.33. The molecule has 0 bridgehead atoms. The average Bonchev–Trinajstić information content (AvgIpc) is 2.72. The van der Waals surface area contributed by atoms with Crippen molar-refractivity contribution in [1.82, 2.24) is 19.4 Å². The molecule has 2 rings (SSSR count). The zero-order chi connectivity index (χ0) is 20.6. The predicted molar refractivity (Wildman–Crippen MR) is 112 cm³/mol. The van der Waals surface area contributed by atoms with E-state index >= 15 is 0 Å². The van der Waals surface area contributed by atoms with E-state index in [4.69, 9.17) is 0 Å². The highest BCUT2D eigenvalue weighted by Crippen LogP contribution is 2.17. The lowest BCUT2D eigenvalue weighted by molar-refractivity contribution is 0.0948. The Kier molecular flexibility index (Phi) is 8.88. The first-order chi connectivity index (χ1) is 13.4. The number of nitrogens with zero attached hydrogens (tertiary/aromatic N) is 3. The number of amides is 1. The molecule has 1 aromatic rings. The van der Waals surface area contributed by atoms with Gasteiger partial charge in [0.15, 0.2) is 0 Å². The monoisotopic (exact) mass is 410 g/mol. The van der Waals surface area contributed by atoms with Gasteiger partial charge >= 0.3 is 0 Å². The maximum Gasteiger partial charge on any atom is 0.251 e. The SMILES string of the molecule is CCN1CCN(CCCNC(=O)c2cccc(S(=O)(=O)N(CC)CC)c2)CC1. The van der Waals surface area contributed by atoms with Crippen molar-refractivity contribution in [1.29, 1.82) is 0 Å². The van der Waals surface area contributed by atoms with Crippen LogP contribution in [0.25, 0.3) is 0 Å². The number of benzene rings is 1. The summed E-state index contributed by atoms with van der Waals surface area (Å²) < 4.78 is 26.7. The molecule has 0 spiro atoms. The molecule has 1 aromatic carbocycles. The number of carbonyl (C=O) groups is 1. The highest BCUT2D eigenvalue weighted by molar-refractivity contribution is 7.89. The molecule has 1 aliphatic rings. The van der Waals surface area contributed by atoms with Crippen molar-refractivity contribution in [2.45, 2.75) is 32.1 Å². The molecule has 1 saturated heterocycles. The van der Waals surface area contributed by atoms with Gasteiger partial charge in [0.05, 0.1) is 4.90 Å². The zero-order valence-electron chi connectivity index (χ0n) is 17.4. The van der Waals surface area contributed by atoms with Gasteiger partial charge < -0.3 is 15.1 Å². The van der Waals surface area contributed by atoms with Crippen LogP contribution < -0.4 is 5.32 Å². The minimum absolute atomic E-state index is 0.164. The van der Waals surface area contributed by atoms with E-state index in [0.29, 0.717) is 25.2 Å². The number of piperazine rings is 1. The Morgan fingerprint density at radius 2 is 1.71 bits per heavy atom. The molecule has 8 heteroatoms. The number of hydrogen-bond acceptors (Lipinski definition) is 5. The van der Waals surface area contributed by atoms with Gasteiger partial charge in [-0.2, -0.15) is 4.31 Å². The number of hydrogen-bond donors (Lipinski definition) is 1. The third kappa shape index (κ3) is 6.01. The van der Waals surface area contributed by atoms with Crippen LogP contribution >= 0.6 is 0 Å². The van der Waals surface area contributed by atoms with E-state index < -0.39 is 10.0 Å². The number of nitrogens with one attached hydrogen (secondary N) is 1. The van der Waals surface area contributed by atoms with Crippen LogP contribution in [0.2, 0.25) is 0 Å². The van der Waals surface area contributed by atoms with Crippen molar-refractivity contribution < 1.29 is 13.2 Å². The van der Waals surface area contributed by atoms with Gasteiger partial charge in [0.1, 0.15) is 0 Å². The molecule has 0 atom stereocenters. The molecule has 0 aromatic heterocycles. The maximum absolute atomic E-state index is 12.6. The first-order valence-corrected chi connectivity index (χ1v) is 11.7. The van der Waals surface area contributed by atoms with Gasteiger partial charge in [0.2, 0.25) is 10.0 Å². The van der Waals surface area contributed by atoms with Crippen LogP contribution in [0.1, 0.15) is 37.6 Å². The fourth-order valence-corrected chi connectivity index (χ4v) is 4.95. The lowest BCUT2D eigenvalue weighted by Crippen LogP contribution is -2.46. The van der Waals surface area contributed by atoms with E-state index in [9.17, 15) is 13.2 Å². The van der Waals surface area contributed by atoms with E-state index in [0.717, 1.165) is 45.7 Å². The molecule has 1 fully saturated rings. The van der Waals surface area contributed by atoms with E-state index in [1.807, 2.05) is 0 Å². The third-order valence-electron chi connectivity index (χ3n) is 5.29. The summed E-state index contributed by atoms with van der Waals surface area (Å²) in [6.45, 7) is 13.6. The van der Waals surface area contributed by atoms with Crippen LogP contribution in [0, 0.1) is 0 Å². The topological polar surface area (TPSA) is 73.0 Å². The average molecular weight is 411 g/mol. The Morgan fingerprint density at radius 3 is 2.32 bits per heavy atom. The van der Waals surface area contributed by atoms with E-state index in [1.165, 1.54) is 10.4 Å². The van der Waals surface area contributed by atoms with Crippen molar-refractivity contribution >= 4 is 15.9 Å². The van der Waals surface area contributed by atoms with Crippen molar-refractivity contribution in [2.75, 3.05) is 58.9 Å². The first kappa shape index (κ1) is 22.8. The minimum Gasteiger partial charge on any atom is -0.352 e. The Hall–Kier alpha value is -1.48. The van der Waals surface area contributed by atoms with Crippen LogP contribution in [0.4, 0.5) is 0 Å². The van der Waals surface area contributed by atoms with Crippen LogP contribution in [0.3, 0.4) is 0 Å². The molecule has 1 N–H and O–H groups in total. The molecule has 0 saturated carbocycles. The van der Waals surface area contributed by atoms with Gasteiger partial charge in [-0.05, 0) is 37.7 Å². The molecule has 1 heterocycles. The highest BCUT2D eigenvalue weighted by Gasteiger charge is 2.22. The van der Waals surface area contributed by atoms with Crippen molar-refractivity contribution in [3.05, 3.63) is 29.8 Å². The molecule has 1 aliphatic heterocycles. The molecule has 158 valence electrons. The molecule has 7 nitrogen and oxygen atoms in total. The summed E-state index contributed by atoms with van der Waals surface area (Å²) in [5.74, 6) is -0.229. The number of rotatable bonds is 10. The Bertz CT molecular complexity index is 727. The van der Waals surface area contributed by atoms with Crippen LogP contribution in [-0.4, -0.2) is 87.3 Å². The second-order valence-corrected chi connectivity index (χ2v) is 8.94. The molecule has 28 heavy (non-hydrogen) atoms. The summed E-state index contributed by atoms with van der Waals surface area (Å²) in [5, 5.41) is 2.91. The van der Waals surface area contributed by atoms with E-state index in [-0.39, 0.29) is 10.8 Å². The van der Waals surface area contributed by atoms with Crippen LogP contribution in [-0.2, 0) is 10.0 Å². The largest absolute Gasteiger partial charge is 0.352 e. The van der Waals surface area contributed by atoms with Crippen molar-refractivity contribution in [3.8, 4) is 0 Å². The molecular weight excluding hydrogens is 376 g/mol. The summed E-state index contributed by atoms with van der Waals surface area (Å²) in [6, 6.07) is 6.28. The zero-order valence-corrected chi connectivity index (χ0v) is 18.2. The van der Waals surface area contributed by atoms with Crippen LogP contribution in [0.5, 0.6) is 0 Å². The normalized spacial score (nSPS) is 16.4. The fourth-order valence-electron chi connectivity index (χ4n) is 3.45. The van der Waals surface area contributed by atoms with Crippen molar-refractivity contribution in [2.24, 2.45) is 0 Å². The maximum atomic E-state index is 12.6. The Labute approximate surface area is 169 Å². The molecule has 1 amide bonds. The molecule has 0 radical (unpaired) electrons. The summed E-state index contributed by atoms with van der Waals surface area (Å²) in [6.07, 6.45) is 0.884. The van der Waals surface area contributed by atoms with Crippen molar-refractivity contribution in [3.63, 3.8) is 0 Å². The van der Waals surface area contributed by atoms with Gasteiger partial charge in [0, 0.05) is 51.4 Å². The second kappa shape index (κ2) is 10.9. The quantitative estimate of drug-likeness (QED) is 0.592.